The first-order chi connectivity index (χ1) is 8.66. The van der Waals surface area contributed by atoms with E-state index in [1.54, 1.807) is 0 Å². The summed E-state index contributed by atoms with van der Waals surface area (Å²) in [5.74, 6) is 1.78. The Labute approximate surface area is 114 Å². The molecule has 2 unspecified atom stereocenters. The average Bonchev–Trinajstić information content (AvgIpc) is 2.38. The molecule has 18 heavy (non-hydrogen) atoms. The van der Waals surface area contributed by atoms with Crippen LogP contribution in [-0.2, 0) is 0 Å². The maximum atomic E-state index is 3.70. The van der Waals surface area contributed by atoms with Gasteiger partial charge in [0.2, 0.25) is 0 Å². The molecule has 1 saturated heterocycles. The maximum Gasteiger partial charge on any atom is 0.0198 e. The molecule has 2 heteroatoms. The Hall–Kier alpha value is -0.0800. The van der Waals surface area contributed by atoms with Crippen LogP contribution in [0.25, 0.3) is 0 Å². The molecule has 0 spiro atoms. The number of nitrogens with one attached hydrogen (secondary N) is 1. The van der Waals surface area contributed by atoms with Crippen LogP contribution in [0.1, 0.15) is 59.3 Å². The van der Waals surface area contributed by atoms with Crippen molar-refractivity contribution in [2.75, 3.05) is 19.6 Å². The third-order valence-corrected chi connectivity index (χ3v) is 4.95. The van der Waals surface area contributed by atoms with Gasteiger partial charge in [0, 0.05) is 31.7 Å². The van der Waals surface area contributed by atoms with E-state index in [0.29, 0.717) is 0 Å². The normalized spacial score (nSPS) is 29.7. The fraction of sp³-hybridized carbons (Fsp3) is 1.00. The van der Waals surface area contributed by atoms with Gasteiger partial charge >= 0.3 is 0 Å². The highest BCUT2D eigenvalue weighted by atomic mass is 15.2. The van der Waals surface area contributed by atoms with E-state index in [0.717, 1.165) is 23.9 Å². The number of rotatable bonds is 4. The Bertz CT molecular complexity index is 233. The summed E-state index contributed by atoms with van der Waals surface area (Å²) in [5, 5.41) is 3.70. The van der Waals surface area contributed by atoms with E-state index in [1.807, 2.05) is 0 Å². The lowest BCUT2D eigenvalue weighted by Gasteiger charge is -2.42. The Morgan fingerprint density at radius 2 is 1.83 bits per heavy atom. The van der Waals surface area contributed by atoms with Gasteiger partial charge in [-0.25, -0.2) is 0 Å². The molecule has 106 valence electrons. The maximum absolute atomic E-state index is 3.70. The monoisotopic (exact) mass is 252 g/mol. The molecule has 2 nitrogen and oxygen atoms in total. The molecule has 2 fully saturated rings. The number of hydrogen-bond donors (Lipinski definition) is 1. The average molecular weight is 252 g/mol. The lowest BCUT2D eigenvalue weighted by atomic mass is 9.83. The number of nitrogens with zero attached hydrogens (tertiary/aromatic N) is 1. The van der Waals surface area contributed by atoms with Crippen molar-refractivity contribution in [2.24, 2.45) is 11.8 Å². The van der Waals surface area contributed by atoms with Gasteiger partial charge in [-0.2, -0.15) is 0 Å². The van der Waals surface area contributed by atoms with Crippen LogP contribution in [0.5, 0.6) is 0 Å². The molecule has 0 aromatic carbocycles. The summed E-state index contributed by atoms with van der Waals surface area (Å²) in [6.07, 6.45) is 8.68. The van der Waals surface area contributed by atoms with Gasteiger partial charge in [-0.05, 0) is 38.0 Å². The van der Waals surface area contributed by atoms with E-state index < -0.39 is 0 Å². The highest BCUT2D eigenvalue weighted by Crippen LogP contribution is 2.29. The molecule has 1 heterocycles. The van der Waals surface area contributed by atoms with Crippen LogP contribution in [0.4, 0.5) is 0 Å². The van der Waals surface area contributed by atoms with E-state index in [4.69, 9.17) is 0 Å². The zero-order valence-electron chi connectivity index (χ0n) is 12.6. The fourth-order valence-corrected chi connectivity index (χ4v) is 3.86. The Morgan fingerprint density at radius 3 is 2.50 bits per heavy atom. The first kappa shape index (κ1) is 14.3. The van der Waals surface area contributed by atoms with E-state index in [9.17, 15) is 0 Å². The van der Waals surface area contributed by atoms with Crippen molar-refractivity contribution < 1.29 is 0 Å². The minimum absolute atomic E-state index is 0.727. The van der Waals surface area contributed by atoms with Crippen molar-refractivity contribution in [2.45, 2.75) is 71.4 Å². The third-order valence-electron chi connectivity index (χ3n) is 4.95. The minimum atomic E-state index is 0.727. The molecule has 1 aliphatic carbocycles. The molecule has 2 aliphatic rings. The van der Waals surface area contributed by atoms with Crippen LogP contribution in [-0.4, -0.2) is 36.6 Å². The molecule has 2 rings (SSSR count). The summed E-state index contributed by atoms with van der Waals surface area (Å²) in [7, 11) is 0. The summed E-state index contributed by atoms with van der Waals surface area (Å²) in [4.78, 5) is 2.76. The molecule has 0 aromatic rings. The Kier molecular flexibility index (Phi) is 5.50. The van der Waals surface area contributed by atoms with Crippen molar-refractivity contribution in [3.05, 3.63) is 0 Å². The molecule has 0 bridgehead atoms. The number of hydrogen-bond acceptors (Lipinski definition) is 2. The third kappa shape index (κ3) is 3.96. The smallest absolute Gasteiger partial charge is 0.0198 e. The predicted octanol–water partition coefficient (Wildman–Crippen LogP) is 3.28. The first-order valence-corrected chi connectivity index (χ1v) is 8.14. The molecule has 1 aliphatic heterocycles. The predicted molar refractivity (Wildman–Crippen MR) is 78.9 cm³/mol. The first-order valence-electron chi connectivity index (χ1n) is 8.14. The zero-order chi connectivity index (χ0) is 13.0. The second-order valence-electron chi connectivity index (χ2n) is 6.91. The molecule has 0 radical (unpaired) electrons. The molecule has 0 aromatic heterocycles. The quantitative estimate of drug-likeness (QED) is 0.826. The lowest BCUT2D eigenvalue weighted by Crippen LogP contribution is -2.55. The van der Waals surface area contributed by atoms with Crippen LogP contribution in [0, 0.1) is 11.8 Å². The summed E-state index contributed by atoms with van der Waals surface area (Å²) < 4.78 is 0. The van der Waals surface area contributed by atoms with Gasteiger partial charge in [0.05, 0.1) is 0 Å². The van der Waals surface area contributed by atoms with Crippen molar-refractivity contribution >= 4 is 0 Å². The summed E-state index contributed by atoms with van der Waals surface area (Å²) >= 11 is 0. The van der Waals surface area contributed by atoms with Gasteiger partial charge < -0.3 is 5.32 Å². The van der Waals surface area contributed by atoms with E-state index >= 15 is 0 Å². The number of piperazine rings is 1. The molecular weight excluding hydrogens is 220 g/mol. The SMILES string of the molecule is CC(C)CC1CN(C(C)C2CCCCC2)CCN1. The summed E-state index contributed by atoms with van der Waals surface area (Å²) in [5.41, 5.74) is 0. The standard InChI is InChI=1S/C16H32N2/c1-13(2)11-16-12-18(10-9-17-16)14(3)15-7-5-4-6-8-15/h13-17H,4-12H2,1-3H3. The summed E-state index contributed by atoms with van der Waals surface area (Å²) in [6, 6.07) is 1.53. The zero-order valence-corrected chi connectivity index (χ0v) is 12.6. The van der Waals surface area contributed by atoms with Crippen molar-refractivity contribution in [3.63, 3.8) is 0 Å². The van der Waals surface area contributed by atoms with E-state index in [1.165, 1.54) is 58.2 Å². The van der Waals surface area contributed by atoms with Gasteiger partial charge in [-0.3, -0.25) is 4.90 Å². The summed E-state index contributed by atoms with van der Waals surface area (Å²) in [6.45, 7) is 10.9. The van der Waals surface area contributed by atoms with Crippen LogP contribution >= 0.6 is 0 Å². The van der Waals surface area contributed by atoms with E-state index in [2.05, 4.69) is 31.0 Å². The van der Waals surface area contributed by atoms with Gasteiger partial charge in [-0.1, -0.05) is 33.1 Å². The largest absolute Gasteiger partial charge is 0.311 e. The van der Waals surface area contributed by atoms with Crippen LogP contribution < -0.4 is 5.32 Å². The minimum Gasteiger partial charge on any atom is -0.311 e. The molecule has 0 amide bonds. The van der Waals surface area contributed by atoms with Crippen LogP contribution in [0.2, 0.25) is 0 Å². The van der Waals surface area contributed by atoms with E-state index in [-0.39, 0.29) is 0 Å². The van der Waals surface area contributed by atoms with Crippen molar-refractivity contribution in [3.8, 4) is 0 Å². The molecule has 1 saturated carbocycles. The second kappa shape index (κ2) is 6.91. The van der Waals surface area contributed by atoms with Crippen molar-refractivity contribution in [1.29, 1.82) is 0 Å². The van der Waals surface area contributed by atoms with Gasteiger partial charge in [-0.15, -0.1) is 0 Å². The highest BCUT2D eigenvalue weighted by Gasteiger charge is 2.28. The van der Waals surface area contributed by atoms with Crippen LogP contribution in [0.15, 0.2) is 0 Å². The highest BCUT2D eigenvalue weighted by molar-refractivity contribution is 4.85. The second-order valence-corrected chi connectivity index (χ2v) is 6.91. The molecule has 1 N–H and O–H groups in total. The molecule has 2 atom stereocenters. The van der Waals surface area contributed by atoms with Crippen LogP contribution in [0.3, 0.4) is 0 Å². The van der Waals surface area contributed by atoms with Gasteiger partial charge in [0.1, 0.15) is 0 Å². The van der Waals surface area contributed by atoms with Gasteiger partial charge in [0.25, 0.3) is 0 Å². The lowest BCUT2D eigenvalue weighted by molar-refractivity contribution is 0.0918. The Balaban J connectivity index is 1.83. The molecular formula is C16H32N2. The fourth-order valence-electron chi connectivity index (χ4n) is 3.86. The van der Waals surface area contributed by atoms with Crippen molar-refractivity contribution in [1.82, 2.24) is 10.2 Å². The topological polar surface area (TPSA) is 15.3 Å². The van der Waals surface area contributed by atoms with Gasteiger partial charge in [0.15, 0.2) is 0 Å². The Morgan fingerprint density at radius 1 is 1.11 bits per heavy atom.